The zero-order valence-corrected chi connectivity index (χ0v) is 12.1. The van der Waals surface area contributed by atoms with Crippen LogP contribution in [0.5, 0.6) is 5.75 Å². The highest BCUT2D eigenvalue weighted by molar-refractivity contribution is 5.99. The second kappa shape index (κ2) is 4.51. The van der Waals surface area contributed by atoms with Crippen molar-refractivity contribution in [3.63, 3.8) is 0 Å². The van der Waals surface area contributed by atoms with Gasteiger partial charge in [-0.15, -0.1) is 0 Å². The summed E-state index contributed by atoms with van der Waals surface area (Å²) in [5.41, 5.74) is 3.04. The molecule has 1 aliphatic carbocycles. The first-order valence-electron chi connectivity index (χ1n) is 6.88. The molecule has 0 fully saturated rings. The molecule has 0 atom stereocenters. The second-order valence-corrected chi connectivity index (χ2v) is 6.19. The Labute approximate surface area is 119 Å². The van der Waals surface area contributed by atoms with Gasteiger partial charge in [0.15, 0.2) is 5.78 Å². The molecule has 1 aromatic heterocycles. The van der Waals surface area contributed by atoms with Crippen LogP contribution in [0.15, 0.2) is 36.5 Å². The van der Waals surface area contributed by atoms with E-state index in [4.69, 9.17) is 4.74 Å². The predicted octanol–water partition coefficient (Wildman–Crippen LogP) is 3.64. The van der Waals surface area contributed by atoms with Crippen molar-refractivity contribution in [3.05, 3.63) is 47.8 Å². The molecule has 1 heterocycles. The quantitative estimate of drug-likeness (QED) is 0.833. The Bertz CT molecular complexity index is 667. The summed E-state index contributed by atoms with van der Waals surface area (Å²) in [6.45, 7) is 4.30. The van der Waals surface area contributed by atoms with Gasteiger partial charge in [-0.1, -0.05) is 19.9 Å². The number of Topliss-reactive ketones (excluding diaryl/α,β-unsaturated/α-hetero) is 1. The molecule has 3 rings (SSSR count). The number of aromatic nitrogens is 1. The average molecular weight is 269 g/mol. The molecule has 3 nitrogen and oxygen atoms in total. The summed E-state index contributed by atoms with van der Waals surface area (Å²) in [5, 5.41) is 0. The number of fused-ring (bicyclic) bond motifs is 1. The highest BCUT2D eigenvalue weighted by Crippen LogP contribution is 2.36. The van der Waals surface area contributed by atoms with E-state index < -0.39 is 0 Å². The first-order valence-corrected chi connectivity index (χ1v) is 6.88. The molecule has 20 heavy (non-hydrogen) atoms. The molecule has 1 aromatic carbocycles. The van der Waals surface area contributed by atoms with Crippen molar-refractivity contribution in [2.75, 3.05) is 7.11 Å². The third-order valence-corrected chi connectivity index (χ3v) is 3.91. The molecule has 0 aliphatic heterocycles. The SMILES string of the molecule is COc1cccc(-n2ccc3c2CC(C)(C)CC3=O)c1. The molecule has 1 aliphatic rings. The monoisotopic (exact) mass is 269 g/mol. The molecular weight excluding hydrogens is 250 g/mol. The van der Waals surface area contributed by atoms with Crippen molar-refractivity contribution in [3.8, 4) is 11.4 Å². The summed E-state index contributed by atoms with van der Waals surface area (Å²) < 4.78 is 7.39. The number of benzene rings is 1. The van der Waals surface area contributed by atoms with Crippen molar-refractivity contribution in [2.45, 2.75) is 26.7 Å². The molecule has 0 radical (unpaired) electrons. The summed E-state index contributed by atoms with van der Waals surface area (Å²) in [6, 6.07) is 9.86. The Morgan fingerprint density at radius 3 is 2.75 bits per heavy atom. The van der Waals surface area contributed by atoms with Crippen LogP contribution in [-0.4, -0.2) is 17.5 Å². The number of ether oxygens (including phenoxy) is 1. The lowest BCUT2D eigenvalue weighted by atomic mass is 9.76. The van der Waals surface area contributed by atoms with Crippen molar-refractivity contribution in [2.24, 2.45) is 5.41 Å². The normalized spacial score (nSPS) is 16.9. The third-order valence-electron chi connectivity index (χ3n) is 3.91. The number of rotatable bonds is 2. The van der Waals surface area contributed by atoms with E-state index in [0.717, 1.165) is 29.1 Å². The number of carbonyl (C=O) groups excluding carboxylic acids is 1. The van der Waals surface area contributed by atoms with Crippen LogP contribution in [0.25, 0.3) is 5.69 Å². The molecule has 0 unspecified atom stereocenters. The van der Waals surface area contributed by atoms with E-state index in [0.29, 0.717) is 6.42 Å². The van der Waals surface area contributed by atoms with Crippen molar-refractivity contribution < 1.29 is 9.53 Å². The van der Waals surface area contributed by atoms with Gasteiger partial charge < -0.3 is 9.30 Å². The van der Waals surface area contributed by atoms with Gasteiger partial charge in [-0.05, 0) is 30.0 Å². The highest BCUT2D eigenvalue weighted by atomic mass is 16.5. The molecule has 0 amide bonds. The predicted molar refractivity (Wildman–Crippen MR) is 78.8 cm³/mol. The summed E-state index contributed by atoms with van der Waals surface area (Å²) in [7, 11) is 1.66. The van der Waals surface area contributed by atoms with Gasteiger partial charge in [-0.3, -0.25) is 4.79 Å². The minimum Gasteiger partial charge on any atom is -0.497 e. The van der Waals surface area contributed by atoms with Crippen LogP contribution in [0.2, 0.25) is 0 Å². The van der Waals surface area contributed by atoms with Crippen LogP contribution < -0.4 is 4.74 Å². The van der Waals surface area contributed by atoms with Gasteiger partial charge in [0.05, 0.1) is 7.11 Å². The topological polar surface area (TPSA) is 31.2 Å². The van der Waals surface area contributed by atoms with Crippen LogP contribution >= 0.6 is 0 Å². The molecule has 2 aromatic rings. The molecule has 0 saturated carbocycles. The summed E-state index contributed by atoms with van der Waals surface area (Å²) in [6.07, 6.45) is 3.53. The lowest BCUT2D eigenvalue weighted by Gasteiger charge is -2.29. The molecule has 0 saturated heterocycles. The second-order valence-electron chi connectivity index (χ2n) is 6.19. The summed E-state index contributed by atoms with van der Waals surface area (Å²) >= 11 is 0. The van der Waals surface area contributed by atoms with E-state index in [1.54, 1.807) is 7.11 Å². The van der Waals surface area contributed by atoms with E-state index in [1.807, 2.05) is 36.5 Å². The van der Waals surface area contributed by atoms with Gasteiger partial charge in [-0.2, -0.15) is 0 Å². The Balaban J connectivity index is 2.10. The molecular formula is C17H19NO2. The maximum Gasteiger partial charge on any atom is 0.165 e. The fourth-order valence-electron chi connectivity index (χ4n) is 2.95. The van der Waals surface area contributed by atoms with Crippen LogP contribution in [0.4, 0.5) is 0 Å². The van der Waals surface area contributed by atoms with Crippen LogP contribution in [0.1, 0.15) is 36.3 Å². The molecule has 0 spiro atoms. The first kappa shape index (κ1) is 13.0. The summed E-state index contributed by atoms with van der Waals surface area (Å²) in [5.74, 6) is 1.07. The van der Waals surface area contributed by atoms with Gasteiger partial charge in [0, 0.05) is 35.6 Å². The standard InChI is InChI=1S/C17H19NO2/c1-17(2)10-15-14(16(19)11-17)7-8-18(15)12-5-4-6-13(9-12)20-3/h4-9H,10-11H2,1-3H3. The van der Waals surface area contributed by atoms with Gasteiger partial charge >= 0.3 is 0 Å². The zero-order chi connectivity index (χ0) is 14.3. The number of ketones is 1. The van der Waals surface area contributed by atoms with Crippen molar-refractivity contribution >= 4 is 5.78 Å². The number of nitrogens with zero attached hydrogens (tertiary/aromatic N) is 1. The average Bonchev–Trinajstić information content (AvgIpc) is 2.81. The molecule has 3 heteroatoms. The van der Waals surface area contributed by atoms with E-state index in [1.165, 1.54) is 0 Å². The lowest BCUT2D eigenvalue weighted by Crippen LogP contribution is -2.27. The van der Waals surface area contributed by atoms with E-state index >= 15 is 0 Å². The molecule has 104 valence electrons. The minimum atomic E-state index is 0.0268. The lowest BCUT2D eigenvalue weighted by molar-refractivity contribution is 0.0911. The molecule has 0 N–H and O–H groups in total. The van der Waals surface area contributed by atoms with E-state index in [2.05, 4.69) is 18.4 Å². The maximum absolute atomic E-state index is 12.2. The third kappa shape index (κ3) is 2.13. The van der Waals surface area contributed by atoms with Gasteiger partial charge in [0.1, 0.15) is 5.75 Å². The van der Waals surface area contributed by atoms with Crippen LogP contribution in [0.3, 0.4) is 0 Å². The number of hydrogen-bond acceptors (Lipinski definition) is 2. The zero-order valence-electron chi connectivity index (χ0n) is 12.1. The van der Waals surface area contributed by atoms with E-state index in [9.17, 15) is 4.79 Å². The highest BCUT2D eigenvalue weighted by Gasteiger charge is 2.33. The van der Waals surface area contributed by atoms with Crippen molar-refractivity contribution in [1.29, 1.82) is 0 Å². The fraction of sp³-hybridized carbons (Fsp3) is 0.353. The Hall–Kier alpha value is -2.03. The van der Waals surface area contributed by atoms with Gasteiger partial charge in [0.2, 0.25) is 0 Å². The Morgan fingerprint density at radius 2 is 2.00 bits per heavy atom. The fourth-order valence-corrected chi connectivity index (χ4v) is 2.95. The van der Waals surface area contributed by atoms with E-state index in [-0.39, 0.29) is 11.2 Å². The number of carbonyl (C=O) groups is 1. The first-order chi connectivity index (χ1) is 9.50. The summed E-state index contributed by atoms with van der Waals surface area (Å²) in [4.78, 5) is 12.2. The largest absolute Gasteiger partial charge is 0.497 e. The van der Waals surface area contributed by atoms with Crippen molar-refractivity contribution in [1.82, 2.24) is 4.57 Å². The molecule has 0 bridgehead atoms. The Morgan fingerprint density at radius 1 is 1.20 bits per heavy atom. The maximum atomic E-state index is 12.2. The van der Waals surface area contributed by atoms with Gasteiger partial charge in [-0.25, -0.2) is 0 Å². The van der Waals surface area contributed by atoms with Crippen LogP contribution in [-0.2, 0) is 6.42 Å². The smallest absolute Gasteiger partial charge is 0.165 e. The van der Waals surface area contributed by atoms with Crippen LogP contribution in [0, 0.1) is 5.41 Å². The number of methoxy groups -OCH3 is 1. The Kier molecular flexibility index (Phi) is 2.93. The minimum absolute atomic E-state index is 0.0268. The number of hydrogen-bond donors (Lipinski definition) is 0. The van der Waals surface area contributed by atoms with Gasteiger partial charge in [0.25, 0.3) is 0 Å².